The zero-order chi connectivity index (χ0) is 19.4. The van der Waals surface area contributed by atoms with Crippen LogP contribution in [0.5, 0.6) is 5.75 Å². The third-order valence-corrected chi connectivity index (χ3v) is 4.17. The van der Waals surface area contributed by atoms with Gasteiger partial charge < -0.3 is 9.47 Å². The number of nitrogens with zero attached hydrogens (tertiary/aromatic N) is 1. The zero-order valence-corrected chi connectivity index (χ0v) is 15.6. The Kier molecular flexibility index (Phi) is 5.50. The molecule has 0 amide bonds. The molecule has 5 nitrogen and oxygen atoms in total. The van der Waals surface area contributed by atoms with Crippen LogP contribution in [0, 0.1) is 6.92 Å². The molecule has 0 aliphatic carbocycles. The fraction of sp³-hybridized carbons (Fsp3) is 0.227. The lowest BCUT2D eigenvalue weighted by molar-refractivity contribution is 0.0320. The lowest BCUT2D eigenvalue weighted by Crippen LogP contribution is -2.24. The number of aryl methyl sites for hydroxylation is 1. The van der Waals surface area contributed by atoms with Crippen LogP contribution < -0.4 is 4.74 Å². The van der Waals surface area contributed by atoms with E-state index >= 15 is 0 Å². The number of hydrogen-bond donors (Lipinski definition) is 0. The lowest BCUT2D eigenvalue weighted by Gasteiger charge is -2.14. The van der Waals surface area contributed by atoms with Crippen molar-refractivity contribution in [2.45, 2.75) is 26.9 Å². The second-order valence-electron chi connectivity index (χ2n) is 6.20. The van der Waals surface area contributed by atoms with Crippen LogP contribution in [0.4, 0.5) is 0 Å². The molecule has 0 saturated carbocycles. The summed E-state index contributed by atoms with van der Waals surface area (Å²) in [6.45, 7) is 5.84. The smallest absolute Gasteiger partial charge is 0.339 e. The number of Topliss-reactive ketones (excluding diaryl/α,β-unsaturated/α-hetero) is 1. The molecule has 2 aromatic carbocycles. The van der Waals surface area contributed by atoms with Crippen molar-refractivity contribution in [3.63, 3.8) is 0 Å². The summed E-state index contributed by atoms with van der Waals surface area (Å²) < 4.78 is 10.8. The van der Waals surface area contributed by atoms with E-state index in [4.69, 9.17) is 9.47 Å². The number of ketones is 1. The molecule has 3 aromatic rings. The number of hydrogen-bond acceptors (Lipinski definition) is 5. The number of fused-ring (bicyclic) bond motifs is 1. The first kappa shape index (κ1) is 18.6. The van der Waals surface area contributed by atoms with Crippen LogP contribution in [-0.4, -0.2) is 29.4 Å². The van der Waals surface area contributed by atoms with Crippen molar-refractivity contribution in [1.82, 2.24) is 4.98 Å². The van der Waals surface area contributed by atoms with Crippen LogP contribution in [0.1, 0.15) is 40.3 Å². The molecule has 0 fully saturated rings. The molecular formula is C22H21NO4. The summed E-state index contributed by atoms with van der Waals surface area (Å²) in [7, 11) is 0. The Morgan fingerprint density at radius 3 is 2.48 bits per heavy atom. The summed E-state index contributed by atoms with van der Waals surface area (Å²) in [5.74, 6) is -0.109. The number of para-hydroxylation sites is 1. The van der Waals surface area contributed by atoms with Crippen molar-refractivity contribution in [2.75, 3.05) is 6.61 Å². The second-order valence-corrected chi connectivity index (χ2v) is 6.20. The van der Waals surface area contributed by atoms with Crippen molar-refractivity contribution in [3.8, 4) is 5.75 Å². The lowest BCUT2D eigenvalue weighted by atomic mass is 10.1. The van der Waals surface area contributed by atoms with Gasteiger partial charge in [0.2, 0.25) is 5.78 Å². The molecule has 138 valence electrons. The quantitative estimate of drug-likeness (QED) is 0.481. The van der Waals surface area contributed by atoms with Gasteiger partial charge in [0.25, 0.3) is 0 Å². The molecular weight excluding hydrogens is 342 g/mol. The van der Waals surface area contributed by atoms with Gasteiger partial charge in [0.1, 0.15) is 5.75 Å². The summed E-state index contributed by atoms with van der Waals surface area (Å²) >= 11 is 0. The Labute approximate surface area is 157 Å². The van der Waals surface area contributed by atoms with E-state index < -0.39 is 12.1 Å². The van der Waals surface area contributed by atoms with E-state index in [1.54, 1.807) is 37.3 Å². The van der Waals surface area contributed by atoms with E-state index in [2.05, 4.69) is 4.98 Å². The molecule has 0 N–H and O–H groups in total. The van der Waals surface area contributed by atoms with Gasteiger partial charge in [-0.1, -0.05) is 18.2 Å². The molecule has 27 heavy (non-hydrogen) atoms. The Morgan fingerprint density at radius 2 is 1.78 bits per heavy atom. The maximum absolute atomic E-state index is 12.7. The maximum Gasteiger partial charge on any atom is 0.339 e. The number of carbonyl (C=O) groups is 2. The molecule has 0 spiro atoms. The average molecular weight is 363 g/mol. The van der Waals surface area contributed by atoms with Gasteiger partial charge in [0.15, 0.2) is 6.10 Å². The number of benzene rings is 2. The molecule has 1 atom stereocenters. The van der Waals surface area contributed by atoms with E-state index in [1.807, 2.05) is 38.1 Å². The molecule has 0 unspecified atom stereocenters. The summed E-state index contributed by atoms with van der Waals surface area (Å²) in [5.41, 5.74) is 2.31. The fourth-order valence-corrected chi connectivity index (χ4v) is 2.87. The van der Waals surface area contributed by atoms with Crippen molar-refractivity contribution in [2.24, 2.45) is 0 Å². The highest BCUT2D eigenvalue weighted by atomic mass is 16.5. The van der Waals surface area contributed by atoms with Crippen molar-refractivity contribution >= 4 is 22.7 Å². The standard InChI is InChI=1S/C22H21NO4/c1-4-26-17-11-9-16(10-12-17)21(24)15(3)27-22(25)19-13-14(2)23-20-8-6-5-7-18(19)20/h5-13,15H,4H2,1-3H3/t15-/m1/s1. The highest BCUT2D eigenvalue weighted by molar-refractivity contribution is 6.06. The van der Waals surface area contributed by atoms with Gasteiger partial charge in [0.05, 0.1) is 17.7 Å². The Balaban J connectivity index is 1.78. The first-order valence-electron chi connectivity index (χ1n) is 8.84. The van der Waals surface area contributed by atoms with Crippen LogP contribution in [-0.2, 0) is 4.74 Å². The highest BCUT2D eigenvalue weighted by Crippen LogP contribution is 2.20. The minimum absolute atomic E-state index is 0.263. The van der Waals surface area contributed by atoms with Gasteiger partial charge in [-0.3, -0.25) is 9.78 Å². The summed E-state index contributed by atoms with van der Waals surface area (Å²) in [5, 5.41) is 0.703. The molecule has 1 aromatic heterocycles. The van der Waals surface area contributed by atoms with E-state index in [-0.39, 0.29) is 5.78 Å². The van der Waals surface area contributed by atoms with Gasteiger partial charge in [-0.2, -0.15) is 0 Å². The number of aromatic nitrogens is 1. The largest absolute Gasteiger partial charge is 0.494 e. The van der Waals surface area contributed by atoms with E-state index in [9.17, 15) is 9.59 Å². The normalized spacial score (nSPS) is 11.8. The third kappa shape index (κ3) is 4.14. The van der Waals surface area contributed by atoms with E-state index in [0.717, 1.165) is 5.52 Å². The van der Waals surface area contributed by atoms with Crippen LogP contribution in [0.25, 0.3) is 10.9 Å². The molecule has 0 aliphatic rings. The second kappa shape index (κ2) is 7.99. The fourth-order valence-electron chi connectivity index (χ4n) is 2.87. The van der Waals surface area contributed by atoms with Gasteiger partial charge in [0, 0.05) is 16.6 Å². The number of rotatable bonds is 6. The predicted molar refractivity (Wildman–Crippen MR) is 103 cm³/mol. The minimum Gasteiger partial charge on any atom is -0.494 e. The Hall–Kier alpha value is -3.21. The van der Waals surface area contributed by atoms with E-state index in [0.29, 0.717) is 34.6 Å². The van der Waals surface area contributed by atoms with Crippen LogP contribution in [0.15, 0.2) is 54.6 Å². The minimum atomic E-state index is -0.900. The van der Waals surface area contributed by atoms with Gasteiger partial charge in [-0.25, -0.2) is 4.79 Å². The number of esters is 1. The number of pyridine rings is 1. The molecule has 5 heteroatoms. The van der Waals surface area contributed by atoms with Gasteiger partial charge in [-0.15, -0.1) is 0 Å². The summed E-state index contributed by atoms with van der Waals surface area (Å²) in [4.78, 5) is 29.7. The van der Waals surface area contributed by atoms with Crippen LogP contribution in [0.3, 0.4) is 0 Å². The van der Waals surface area contributed by atoms with Crippen molar-refractivity contribution in [3.05, 3.63) is 71.4 Å². The number of carbonyl (C=O) groups excluding carboxylic acids is 2. The predicted octanol–water partition coefficient (Wildman–Crippen LogP) is 4.37. The first-order chi connectivity index (χ1) is 13.0. The zero-order valence-electron chi connectivity index (χ0n) is 15.6. The molecule has 0 saturated heterocycles. The summed E-state index contributed by atoms with van der Waals surface area (Å²) in [6, 6.07) is 15.8. The molecule has 0 radical (unpaired) electrons. The van der Waals surface area contributed by atoms with Crippen molar-refractivity contribution < 1.29 is 19.1 Å². The molecule has 3 rings (SSSR count). The van der Waals surface area contributed by atoms with Gasteiger partial charge in [-0.05, 0) is 57.2 Å². The maximum atomic E-state index is 12.7. The topological polar surface area (TPSA) is 65.5 Å². The van der Waals surface area contributed by atoms with Crippen LogP contribution >= 0.6 is 0 Å². The SMILES string of the molecule is CCOc1ccc(C(=O)[C@@H](C)OC(=O)c2cc(C)nc3ccccc23)cc1. The van der Waals surface area contributed by atoms with E-state index in [1.165, 1.54) is 0 Å². The Morgan fingerprint density at radius 1 is 1.07 bits per heavy atom. The molecule has 0 aliphatic heterocycles. The van der Waals surface area contributed by atoms with Crippen LogP contribution in [0.2, 0.25) is 0 Å². The van der Waals surface area contributed by atoms with Crippen molar-refractivity contribution in [1.29, 1.82) is 0 Å². The average Bonchev–Trinajstić information content (AvgIpc) is 2.67. The molecule has 0 bridgehead atoms. The monoisotopic (exact) mass is 363 g/mol. The van der Waals surface area contributed by atoms with Gasteiger partial charge >= 0.3 is 5.97 Å². The number of ether oxygens (including phenoxy) is 2. The highest BCUT2D eigenvalue weighted by Gasteiger charge is 2.22. The first-order valence-corrected chi connectivity index (χ1v) is 8.84. The Bertz CT molecular complexity index is 979. The summed E-state index contributed by atoms with van der Waals surface area (Å²) in [6.07, 6.45) is -0.900. The third-order valence-electron chi connectivity index (χ3n) is 4.17. The molecule has 1 heterocycles.